The molecule has 0 aliphatic carbocycles. The van der Waals surface area contributed by atoms with Crippen LogP contribution >= 0.6 is 15.9 Å². The summed E-state index contributed by atoms with van der Waals surface area (Å²) < 4.78 is 3.14. The summed E-state index contributed by atoms with van der Waals surface area (Å²) in [5, 5.41) is 8.28. The first-order valence-corrected chi connectivity index (χ1v) is 7.96. The average molecular weight is 334 g/mol. The molecule has 1 unspecified atom stereocenters. The first-order chi connectivity index (χ1) is 9.66. The number of rotatable bonds is 2. The molecule has 106 valence electrons. The van der Waals surface area contributed by atoms with Gasteiger partial charge in [-0.1, -0.05) is 28.1 Å². The summed E-state index contributed by atoms with van der Waals surface area (Å²) >= 11 is 3.49. The van der Waals surface area contributed by atoms with E-state index in [2.05, 4.69) is 52.4 Å². The van der Waals surface area contributed by atoms with E-state index in [1.807, 2.05) is 11.7 Å². The van der Waals surface area contributed by atoms with Gasteiger partial charge in [0.05, 0.1) is 11.4 Å². The molecule has 0 amide bonds. The molecule has 1 atom stereocenters. The maximum atomic E-state index is 4.80. The zero-order chi connectivity index (χ0) is 14.1. The topological polar surface area (TPSA) is 29.9 Å². The van der Waals surface area contributed by atoms with Crippen molar-refractivity contribution in [2.45, 2.75) is 25.7 Å². The normalized spacial score (nSPS) is 19.2. The van der Waals surface area contributed by atoms with Gasteiger partial charge < -0.3 is 5.32 Å². The standard InChI is InChI=1S/C16H20BrN3/c1-11-15(13-4-3-9-18-10-13)19-20(2)16(11)12-5-7-14(17)8-6-12/h5-8,13,18H,3-4,9-10H2,1-2H3. The molecule has 3 nitrogen and oxygen atoms in total. The zero-order valence-electron chi connectivity index (χ0n) is 12.0. The fraction of sp³-hybridized carbons (Fsp3) is 0.438. The van der Waals surface area contributed by atoms with Gasteiger partial charge in [-0.05, 0) is 44.0 Å². The highest BCUT2D eigenvalue weighted by Gasteiger charge is 2.23. The van der Waals surface area contributed by atoms with Crippen molar-refractivity contribution in [1.82, 2.24) is 15.1 Å². The molecule has 1 saturated heterocycles. The number of aryl methyl sites for hydroxylation is 1. The molecule has 0 saturated carbocycles. The van der Waals surface area contributed by atoms with E-state index in [0.29, 0.717) is 5.92 Å². The summed E-state index contributed by atoms with van der Waals surface area (Å²) in [6.07, 6.45) is 2.49. The Morgan fingerprint density at radius 3 is 2.70 bits per heavy atom. The molecule has 2 aromatic rings. The highest BCUT2D eigenvalue weighted by molar-refractivity contribution is 9.10. The summed E-state index contributed by atoms with van der Waals surface area (Å²) in [4.78, 5) is 0. The molecule has 1 aromatic carbocycles. The molecular weight excluding hydrogens is 314 g/mol. The first-order valence-electron chi connectivity index (χ1n) is 7.17. The predicted octanol–water partition coefficient (Wildman–Crippen LogP) is 3.63. The molecule has 2 heterocycles. The van der Waals surface area contributed by atoms with Gasteiger partial charge in [-0.25, -0.2) is 0 Å². The van der Waals surface area contributed by atoms with Crippen LogP contribution in [0, 0.1) is 6.92 Å². The molecule has 0 spiro atoms. The van der Waals surface area contributed by atoms with Gasteiger partial charge in [0, 0.05) is 29.5 Å². The van der Waals surface area contributed by atoms with Crippen LogP contribution in [0.1, 0.15) is 30.0 Å². The lowest BCUT2D eigenvalue weighted by atomic mass is 9.92. The maximum absolute atomic E-state index is 4.80. The number of nitrogens with zero attached hydrogens (tertiary/aromatic N) is 2. The van der Waals surface area contributed by atoms with Crippen molar-refractivity contribution in [2.75, 3.05) is 13.1 Å². The Labute approximate surface area is 128 Å². The number of hydrogen-bond donors (Lipinski definition) is 1. The molecule has 0 radical (unpaired) electrons. The van der Waals surface area contributed by atoms with Gasteiger partial charge in [0.1, 0.15) is 0 Å². The number of halogens is 1. The molecule has 1 fully saturated rings. The van der Waals surface area contributed by atoms with E-state index in [1.165, 1.54) is 35.4 Å². The van der Waals surface area contributed by atoms with Crippen molar-refractivity contribution in [3.05, 3.63) is 40.0 Å². The molecule has 1 aromatic heterocycles. The van der Waals surface area contributed by atoms with Crippen LogP contribution in [0.3, 0.4) is 0 Å². The minimum atomic E-state index is 0.555. The molecule has 1 aliphatic heterocycles. The quantitative estimate of drug-likeness (QED) is 0.909. The summed E-state index contributed by atoms with van der Waals surface area (Å²) in [5.74, 6) is 0.555. The molecule has 20 heavy (non-hydrogen) atoms. The second kappa shape index (κ2) is 5.70. The number of hydrogen-bond acceptors (Lipinski definition) is 2. The van der Waals surface area contributed by atoms with Gasteiger partial charge in [0.2, 0.25) is 0 Å². The molecule has 4 heteroatoms. The third kappa shape index (κ3) is 2.54. The SMILES string of the molecule is Cc1c(C2CCCNC2)nn(C)c1-c1ccc(Br)cc1. The molecule has 1 N–H and O–H groups in total. The van der Waals surface area contributed by atoms with E-state index in [4.69, 9.17) is 5.10 Å². The lowest BCUT2D eigenvalue weighted by Gasteiger charge is -2.21. The Bertz CT molecular complexity index is 595. The maximum Gasteiger partial charge on any atom is 0.0711 e. The molecular formula is C16H20BrN3. The van der Waals surface area contributed by atoms with Crippen LogP contribution in [0.15, 0.2) is 28.7 Å². The number of benzene rings is 1. The smallest absolute Gasteiger partial charge is 0.0711 e. The third-order valence-electron chi connectivity index (χ3n) is 4.12. The number of piperidine rings is 1. The second-order valence-corrected chi connectivity index (χ2v) is 6.45. The Kier molecular flexibility index (Phi) is 3.94. The fourth-order valence-electron chi connectivity index (χ4n) is 3.13. The Morgan fingerprint density at radius 1 is 1.30 bits per heavy atom. The summed E-state index contributed by atoms with van der Waals surface area (Å²) in [6, 6.07) is 8.47. The van der Waals surface area contributed by atoms with Crippen molar-refractivity contribution < 1.29 is 0 Å². The van der Waals surface area contributed by atoms with Crippen molar-refractivity contribution >= 4 is 15.9 Å². The zero-order valence-corrected chi connectivity index (χ0v) is 13.6. The minimum absolute atomic E-state index is 0.555. The Balaban J connectivity index is 1.99. The van der Waals surface area contributed by atoms with Gasteiger partial charge >= 0.3 is 0 Å². The molecule has 0 bridgehead atoms. The highest BCUT2D eigenvalue weighted by Crippen LogP contribution is 2.32. The van der Waals surface area contributed by atoms with Crippen LogP contribution in [-0.4, -0.2) is 22.9 Å². The van der Waals surface area contributed by atoms with Crippen molar-refractivity contribution in [3.63, 3.8) is 0 Å². The van der Waals surface area contributed by atoms with Crippen molar-refractivity contribution in [3.8, 4) is 11.3 Å². The lowest BCUT2D eigenvalue weighted by Crippen LogP contribution is -2.28. The van der Waals surface area contributed by atoms with E-state index in [-0.39, 0.29) is 0 Å². The van der Waals surface area contributed by atoms with Crippen LogP contribution in [0.25, 0.3) is 11.3 Å². The van der Waals surface area contributed by atoms with E-state index in [1.54, 1.807) is 0 Å². The van der Waals surface area contributed by atoms with E-state index < -0.39 is 0 Å². The van der Waals surface area contributed by atoms with Crippen molar-refractivity contribution in [2.24, 2.45) is 7.05 Å². The van der Waals surface area contributed by atoms with Gasteiger partial charge in [0.25, 0.3) is 0 Å². The van der Waals surface area contributed by atoms with Crippen LogP contribution in [0.4, 0.5) is 0 Å². The predicted molar refractivity (Wildman–Crippen MR) is 85.9 cm³/mol. The summed E-state index contributed by atoms with van der Waals surface area (Å²) in [6.45, 7) is 4.40. The number of aromatic nitrogens is 2. The average Bonchev–Trinajstić information content (AvgIpc) is 2.76. The Hall–Kier alpha value is -1.13. The van der Waals surface area contributed by atoms with Gasteiger partial charge in [-0.15, -0.1) is 0 Å². The first kappa shape index (κ1) is 13.8. The van der Waals surface area contributed by atoms with E-state index in [9.17, 15) is 0 Å². The van der Waals surface area contributed by atoms with Crippen LogP contribution < -0.4 is 5.32 Å². The van der Waals surface area contributed by atoms with Crippen LogP contribution in [0.5, 0.6) is 0 Å². The monoisotopic (exact) mass is 333 g/mol. The van der Waals surface area contributed by atoms with Gasteiger partial charge in [0.15, 0.2) is 0 Å². The lowest BCUT2D eigenvalue weighted by molar-refractivity contribution is 0.450. The third-order valence-corrected chi connectivity index (χ3v) is 4.65. The molecule has 1 aliphatic rings. The van der Waals surface area contributed by atoms with E-state index >= 15 is 0 Å². The minimum Gasteiger partial charge on any atom is -0.316 e. The van der Waals surface area contributed by atoms with Gasteiger partial charge in [-0.2, -0.15) is 5.10 Å². The van der Waals surface area contributed by atoms with E-state index in [0.717, 1.165) is 17.6 Å². The molecule has 3 rings (SSSR count). The fourth-order valence-corrected chi connectivity index (χ4v) is 3.40. The highest BCUT2D eigenvalue weighted by atomic mass is 79.9. The van der Waals surface area contributed by atoms with Crippen molar-refractivity contribution in [1.29, 1.82) is 0 Å². The summed E-state index contributed by atoms with van der Waals surface area (Å²) in [5.41, 5.74) is 5.05. The second-order valence-electron chi connectivity index (χ2n) is 5.53. The largest absolute Gasteiger partial charge is 0.316 e. The Morgan fingerprint density at radius 2 is 2.05 bits per heavy atom. The van der Waals surface area contributed by atoms with Gasteiger partial charge in [-0.3, -0.25) is 4.68 Å². The number of nitrogens with one attached hydrogen (secondary N) is 1. The van der Waals surface area contributed by atoms with Crippen LogP contribution in [-0.2, 0) is 7.05 Å². The summed E-state index contributed by atoms with van der Waals surface area (Å²) in [7, 11) is 2.05. The van der Waals surface area contributed by atoms with Crippen LogP contribution in [0.2, 0.25) is 0 Å².